The van der Waals surface area contributed by atoms with E-state index in [-0.39, 0.29) is 37.1 Å². The van der Waals surface area contributed by atoms with Crippen LogP contribution in [0.3, 0.4) is 0 Å². The van der Waals surface area contributed by atoms with Crippen LogP contribution in [0.4, 0.5) is 5.69 Å². The van der Waals surface area contributed by atoms with Gasteiger partial charge in [-0.05, 0) is 41.8 Å². The number of benzene rings is 2. The minimum absolute atomic E-state index is 0.136. The topological polar surface area (TPSA) is 66.5 Å². The molecule has 134 valence electrons. The summed E-state index contributed by atoms with van der Waals surface area (Å²) in [6.07, 6.45) is 2.69. The Kier molecular flexibility index (Phi) is 5.46. The number of aryl methyl sites for hydroxylation is 1. The van der Waals surface area contributed by atoms with E-state index in [0.717, 1.165) is 24.1 Å². The lowest BCUT2D eigenvalue weighted by Gasteiger charge is -2.14. The summed E-state index contributed by atoms with van der Waals surface area (Å²) in [5, 5.41) is 2.88. The lowest BCUT2D eigenvalue weighted by Crippen LogP contribution is -2.28. The molecule has 1 fully saturated rings. The summed E-state index contributed by atoms with van der Waals surface area (Å²) in [5.41, 5.74) is 3.37. The summed E-state index contributed by atoms with van der Waals surface area (Å²) in [5.74, 6) is -0.459. The molecular weight excluding hydrogens is 328 g/mol. The van der Waals surface area contributed by atoms with Crippen molar-refractivity contribution in [1.29, 1.82) is 0 Å². The van der Waals surface area contributed by atoms with Crippen LogP contribution >= 0.6 is 0 Å². The van der Waals surface area contributed by atoms with Crippen LogP contribution in [0.5, 0.6) is 0 Å². The summed E-state index contributed by atoms with van der Waals surface area (Å²) in [6, 6.07) is 14.8. The Morgan fingerprint density at radius 2 is 1.50 bits per heavy atom. The zero-order valence-electron chi connectivity index (χ0n) is 14.8. The molecule has 5 nitrogen and oxygen atoms in total. The fourth-order valence-electron chi connectivity index (χ4n) is 2.99. The largest absolute Gasteiger partial charge is 0.322 e. The molecule has 0 aliphatic carbocycles. The number of hydrogen-bond acceptors (Lipinski definition) is 3. The number of hydrogen-bond donors (Lipinski definition) is 1. The van der Waals surface area contributed by atoms with Gasteiger partial charge in [-0.1, -0.05) is 37.6 Å². The first-order valence-electron chi connectivity index (χ1n) is 8.89. The van der Waals surface area contributed by atoms with Gasteiger partial charge in [-0.15, -0.1) is 0 Å². The van der Waals surface area contributed by atoms with Gasteiger partial charge in [0.05, 0.1) is 6.54 Å². The van der Waals surface area contributed by atoms with E-state index in [1.54, 1.807) is 24.3 Å². The third-order valence-corrected chi connectivity index (χ3v) is 4.46. The van der Waals surface area contributed by atoms with Gasteiger partial charge >= 0.3 is 0 Å². The number of carbonyl (C=O) groups is 3. The quantitative estimate of drug-likeness (QED) is 0.810. The van der Waals surface area contributed by atoms with E-state index in [0.29, 0.717) is 5.56 Å². The van der Waals surface area contributed by atoms with Crippen LogP contribution in [0.1, 0.15) is 47.7 Å². The molecule has 0 unspecified atom stereocenters. The molecular formula is C21H22N2O3. The van der Waals surface area contributed by atoms with E-state index in [2.05, 4.69) is 12.2 Å². The predicted octanol–water partition coefficient (Wildman–Crippen LogP) is 3.54. The van der Waals surface area contributed by atoms with Gasteiger partial charge in [0.1, 0.15) is 0 Å². The van der Waals surface area contributed by atoms with Crippen LogP contribution in [0, 0.1) is 0 Å². The second-order valence-electron chi connectivity index (χ2n) is 6.47. The fourth-order valence-corrected chi connectivity index (χ4v) is 2.99. The first-order chi connectivity index (χ1) is 12.6. The molecule has 2 aromatic rings. The molecule has 0 bridgehead atoms. The highest BCUT2D eigenvalue weighted by molar-refractivity contribution is 6.04. The third kappa shape index (κ3) is 4.17. The van der Waals surface area contributed by atoms with E-state index in [4.69, 9.17) is 0 Å². The Hall–Kier alpha value is -2.95. The van der Waals surface area contributed by atoms with Crippen LogP contribution < -0.4 is 5.32 Å². The van der Waals surface area contributed by atoms with E-state index in [9.17, 15) is 14.4 Å². The summed E-state index contributed by atoms with van der Waals surface area (Å²) in [7, 11) is 0. The van der Waals surface area contributed by atoms with Crippen molar-refractivity contribution in [1.82, 2.24) is 4.90 Å². The van der Waals surface area contributed by atoms with Crippen molar-refractivity contribution in [2.24, 2.45) is 0 Å². The maximum Gasteiger partial charge on any atom is 0.255 e. The van der Waals surface area contributed by atoms with Crippen LogP contribution in [0.25, 0.3) is 0 Å². The van der Waals surface area contributed by atoms with Crippen molar-refractivity contribution in [2.45, 2.75) is 39.2 Å². The van der Waals surface area contributed by atoms with Crippen molar-refractivity contribution in [3.8, 4) is 0 Å². The normalized spacial score (nSPS) is 14.0. The van der Waals surface area contributed by atoms with Gasteiger partial charge in [-0.2, -0.15) is 0 Å². The van der Waals surface area contributed by atoms with Gasteiger partial charge in [0, 0.05) is 24.1 Å². The van der Waals surface area contributed by atoms with Crippen molar-refractivity contribution >= 4 is 23.4 Å². The molecule has 3 amide bonds. The van der Waals surface area contributed by atoms with Gasteiger partial charge in [0.25, 0.3) is 5.91 Å². The molecule has 1 heterocycles. The zero-order valence-corrected chi connectivity index (χ0v) is 14.8. The molecule has 1 aliphatic rings. The van der Waals surface area contributed by atoms with E-state index in [1.807, 2.05) is 24.3 Å². The summed E-state index contributed by atoms with van der Waals surface area (Å²) in [4.78, 5) is 37.0. The van der Waals surface area contributed by atoms with Crippen molar-refractivity contribution in [3.05, 3.63) is 65.2 Å². The second-order valence-corrected chi connectivity index (χ2v) is 6.47. The average molecular weight is 350 g/mol. The number of carbonyl (C=O) groups excluding carboxylic acids is 3. The Labute approximate surface area is 153 Å². The average Bonchev–Trinajstić information content (AvgIpc) is 2.96. The highest BCUT2D eigenvalue weighted by Crippen LogP contribution is 2.17. The fraction of sp³-hybridized carbons (Fsp3) is 0.286. The van der Waals surface area contributed by atoms with Crippen molar-refractivity contribution < 1.29 is 14.4 Å². The maximum atomic E-state index is 12.4. The van der Waals surface area contributed by atoms with E-state index < -0.39 is 0 Å². The SMILES string of the molecule is CCCc1ccc(NC(=O)c2ccc(CN3C(=O)CCC3=O)cc2)cc1. The predicted molar refractivity (Wildman–Crippen MR) is 99.6 cm³/mol. The Morgan fingerprint density at radius 3 is 2.08 bits per heavy atom. The van der Waals surface area contributed by atoms with Crippen LogP contribution in [-0.4, -0.2) is 22.6 Å². The molecule has 0 aromatic heterocycles. The number of likely N-dealkylation sites (tertiary alicyclic amines) is 1. The third-order valence-electron chi connectivity index (χ3n) is 4.46. The number of rotatable bonds is 6. The molecule has 1 saturated heterocycles. The van der Waals surface area contributed by atoms with Crippen LogP contribution in [-0.2, 0) is 22.6 Å². The minimum atomic E-state index is -0.187. The molecule has 1 N–H and O–H groups in total. The maximum absolute atomic E-state index is 12.4. The molecule has 2 aromatic carbocycles. The number of imide groups is 1. The highest BCUT2D eigenvalue weighted by Gasteiger charge is 2.28. The molecule has 0 radical (unpaired) electrons. The second kappa shape index (κ2) is 7.95. The van der Waals surface area contributed by atoms with Crippen LogP contribution in [0.15, 0.2) is 48.5 Å². The first-order valence-corrected chi connectivity index (χ1v) is 8.89. The lowest BCUT2D eigenvalue weighted by molar-refractivity contribution is -0.139. The van der Waals surface area contributed by atoms with Gasteiger partial charge in [0.15, 0.2) is 0 Å². The van der Waals surface area contributed by atoms with E-state index in [1.165, 1.54) is 10.5 Å². The molecule has 26 heavy (non-hydrogen) atoms. The molecule has 3 rings (SSSR count). The minimum Gasteiger partial charge on any atom is -0.322 e. The molecule has 5 heteroatoms. The Bertz CT molecular complexity index is 794. The standard InChI is InChI=1S/C21H22N2O3/c1-2-3-15-6-10-18(11-7-15)22-21(26)17-8-4-16(5-9-17)14-23-19(24)12-13-20(23)25/h4-11H,2-3,12-14H2,1H3,(H,22,26). The van der Waals surface area contributed by atoms with Gasteiger partial charge in [0.2, 0.25) is 11.8 Å². The zero-order chi connectivity index (χ0) is 18.5. The Balaban J connectivity index is 1.61. The van der Waals surface area contributed by atoms with Crippen molar-refractivity contribution in [3.63, 3.8) is 0 Å². The molecule has 0 saturated carbocycles. The highest BCUT2D eigenvalue weighted by atomic mass is 16.2. The smallest absolute Gasteiger partial charge is 0.255 e. The van der Waals surface area contributed by atoms with Gasteiger partial charge in [-0.3, -0.25) is 19.3 Å². The number of anilines is 1. The summed E-state index contributed by atoms with van der Waals surface area (Å²) >= 11 is 0. The van der Waals surface area contributed by atoms with Gasteiger partial charge in [-0.25, -0.2) is 0 Å². The number of nitrogens with zero attached hydrogens (tertiary/aromatic N) is 1. The first kappa shape index (κ1) is 17.9. The van der Waals surface area contributed by atoms with Crippen LogP contribution in [0.2, 0.25) is 0 Å². The number of nitrogens with one attached hydrogen (secondary N) is 1. The van der Waals surface area contributed by atoms with Gasteiger partial charge < -0.3 is 5.32 Å². The summed E-state index contributed by atoms with van der Waals surface area (Å²) in [6.45, 7) is 2.40. The van der Waals surface area contributed by atoms with E-state index >= 15 is 0 Å². The summed E-state index contributed by atoms with van der Waals surface area (Å²) < 4.78 is 0. The molecule has 0 spiro atoms. The lowest BCUT2D eigenvalue weighted by atomic mass is 10.1. The molecule has 0 atom stereocenters. The molecule has 1 aliphatic heterocycles. The number of amides is 3. The van der Waals surface area contributed by atoms with Crippen molar-refractivity contribution in [2.75, 3.05) is 5.32 Å². The monoisotopic (exact) mass is 350 g/mol. The Morgan fingerprint density at radius 1 is 0.923 bits per heavy atom.